The first-order valence-electron chi connectivity index (χ1n) is 5.32. The molecular formula is C12H12N2O3. The van der Waals surface area contributed by atoms with Gasteiger partial charge in [0.25, 0.3) is 11.6 Å². The maximum atomic E-state index is 11.7. The van der Waals surface area contributed by atoms with Crippen molar-refractivity contribution in [2.75, 3.05) is 11.4 Å². The van der Waals surface area contributed by atoms with Gasteiger partial charge in [0.1, 0.15) is 0 Å². The fourth-order valence-electron chi connectivity index (χ4n) is 1.76. The van der Waals surface area contributed by atoms with E-state index in [9.17, 15) is 14.9 Å². The minimum absolute atomic E-state index is 0.0294. The molecule has 5 nitrogen and oxygen atoms in total. The number of rotatable bonds is 2. The highest BCUT2D eigenvalue weighted by atomic mass is 16.6. The van der Waals surface area contributed by atoms with Gasteiger partial charge in [-0.15, -0.1) is 0 Å². The number of non-ortho nitro benzene ring substituents is 1. The van der Waals surface area contributed by atoms with Crippen LogP contribution in [0.15, 0.2) is 36.4 Å². The zero-order chi connectivity index (χ0) is 12.4. The molecule has 1 aliphatic rings. The lowest BCUT2D eigenvalue weighted by Crippen LogP contribution is -2.36. The zero-order valence-electron chi connectivity index (χ0n) is 9.37. The number of hydrogen-bond acceptors (Lipinski definition) is 3. The summed E-state index contributed by atoms with van der Waals surface area (Å²) >= 11 is 0. The third-order valence-electron chi connectivity index (χ3n) is 2.68. The van der Waals surface area contributed by atoms with Crippen LogP contribution in [0.2, 0.25) is 0 Å². The molecule has 1 amide bonds. The van der Waals surface area contributed by atoms with Gasteiger partial charge in [0, 0.05) is 24.4 Å². The van der Waals surface area contributed by atoms with Crippen LogP contribution < -0.4 is 4.90 Å². The second-order valence-corrected chi connectivity index (χ2v) is 4.06. The van der Waals surface area contributed by atoms with Gasteiger partial charge in [-0.25, -0.2) is 0 Å². The Morgan fingerprint density at radius 1 is 1.35 bits per heavy atom. The molecule has 1 atom stereocenters. The van der Waals surface area contributed by atoms with E-state index in [4.69, 9.17) is 0 Å². The smallest absolute Gasteiger partial charge is 0.269 e. The summed E-state index contributed by atoms with van der Waals surface area (Å²) < 4.78 is 0. The Hall–Kier alpha value is -2.17. The van der Waals surface area contributed by atoms with E-state index in [1.807, 2.05) is 13.0 Å². The van der Waals surface area contributed by atoms with Gasteiger partial charge in [0.05, 0.1) is 4.92 Å². The predicted octanol–water partition coefficient (Wildman–Crippen LogP) is 2.13. The average molecular weight is 232 g/mol. The lowest BCUT2D eigenvalue weighted by molar-refractivity contribution is -0.384. The van der Waals surface area contributed by atoms with Gasteiger partial charge < -0.3 is 4.90 Å². The van der Waals surface area contributed by atoms with E-state index < -0.39 is 4.92 Å². The standard InChI is InChI=1S/C12H12N2O3/c1-9-2-7-12(15)13(8-9)10-3-5-11(6-4-10)14(16)17/h2-7,9H,8H2,1H3. The minimum atomic E-state index is -0.454. The molecule has 2 rings (SSSR count). The SMILES string of the molecule is CC1C=CC(=O)N(c2ccc([N+](=O)[O-])cc2)C1. The van der Waals surface area contributed by atoms with Crippen LogP contribution in [0, 0.1) is 16.0 Å². The van der Waals surface area contributed by atoms with E-state index in [2.05, 4.69) is 0 Å². The lowest BCUT2D eigenvalue weighted by Gasteiger charge is -2.26. The van der Waals surface area contributed by atoms with Crippen molar-refractivity contribution in [3.8, 4) is 0 Å². The first-order valence-corrected chi connectivity index (χ1v) is 5.32. The van der Waals surface area contributed by atoms with Crippen LogP contribution in [0.5, 0.6) is 0 Å². The topological polar surface area (TPSA) is 63.5 Å². The zero-order valence-corrected chi connectivity index (χ0v) is 9.37. The normalized spacial score (nSPS) is 19.5. The number of carbonyl (C=O) groups is 1. The second-order valence-electron chi connectivity index (χ2n) is 4.06. The van der Waals surface area contributed by atoms with Crippen molar-refractivity contribution in [3.63, 3.8) is 0 Å². The predicted molar refractivity (Wildman–Crippen MR) is 63.8 cm³/mol. The highest BCUT2D eigenvalue weighted by Gasteiger charge is 2.20. The van der Waals surface area contributed by atoms with Crippen molar-refractivity contribution in [1.29, 1.82) is 0 Å². The molecule has 0 radical (unpaired) electrons. The third kappa shape index (κ3) is 2.33. The molecule has 0 bridgehead atoms. The van der Waals surface area contributed by atoms with Crippen molar-refractivity contribution in [3.05, 3.63) is 46.5 Å². The van der Waals surface area contributed by atoms with Crippen molar-refractivity contribution < 1.29 is 9.72 Å². The Kier molecular flexibility index (Phi) is 2.91. The summed E-state index contributed by atoms with van der Waals surface area (Å²) in [7, 11) is 0. The van der Waals surface area contributed by atoms with Crippen molar-refractivity contribution in [2.24, 2.45) is 5.92 Å². The number of anilines is 1. The third-order valence-corrected chi connectivity index (χ3v) is 2.68. The summed E-state index contributed by atoms with van der Waals surface area (Å²) in [6, 6.07) is 6.01. The number of benzene rings is 1. The maximum Gasteiger partial charge on any atom is 0.269 e. The van der Waals surface area contributed by atoms with Crippen LogP contribution >= 0.6 is 0 Å². The van der Waals surface area contributed by atoms with E-state index in [0.29, 0.717) is 18.2 Å². The van der Waals surface area contributed by atoms with E-state index in [-0.39, 0.29) is 11.6 Å². The molecule has 0 fully saturated rings. The molecule has 0 saturated heterocycles. The summed E-state index contributed by atoms with van der Waals surface area (Å²) in [6.07, 6.45) is 3.40. The Labute approximate surface area is 98.5 Å². The van der Waals surface area contributed by atoms with Crippen molar-refractivity contribution in [1.82, 2.24) is 0 Å². The summed E-state index contributed by atoms with van der Waals surface area (Å²) in [4.78, 5) is 23.3. The summed E-state index contributed by atoms with van der Waals surface area (Å²) in [5.74, 6) is 0.208. The van der Waals surface area contributed by atoms with Crippen LogP contribution in [-0.2, 0) is 4.79 Å². The van der Waals surface area contributed by atoms with Gasteiger partial charge in [-0.1, -0.05) is 13.0 Å². The molecule has 0 N–H and O–H groups in total. The van der Waals surface area contributed by atoms with Gasteiger partial charge in [-0.3, -0.25) is 14.9 Å². The fourth-order valence-corrected chi connectivity index (χ4v) is 1.76. The second kappa shape index (κ2) is 4.37. The highest BCUT2D eigenvalue weighted by Crippen LogP contribution is 2.22. The minimum Gasteiger partial charge on any atom is -0.308 e. The molecule has 1 aromatic rings. The Balaban J connectivity index is 2.25. The monoisotopic (exact) mass is 232 g/mol. The molecule has 1 aromatic carbocycles. The molecule has 0 aliphatic carbocycles. The fraction of sp³-hybridized carbons (Fsp3) is 0.250. The van der Waals surface area contributed by atoms with Crippen LogP contribution in [0.4, 0.5) is 11.4 Å². The number of amides is 1. The molecule has 17 heavy (non-hydrogen) atoms. The summed E-state index contributed by atoms with van der Waals surface area (Å²) in [5, 5.41) is 10.5. The van der Waals surface area contributed by atoms with Gasteiger partial charge in [0.2, 0.25) is 0 Å². The molecule has 1 unspecified atom stereocenters. The summed E-state index contributed by atoms with van der Waals surface area (Å²) in [5.41, 5.74) is 0.721. The number of nitro groups is 1. The first-order chi connectivity index (χ1) is 8.08. The average Bonchev–Trinajstić information content (AvgIpc) is 2.32. The Bertz CT molecular complexity index is 479. The number of nitro benzene ring substituents is 1. The molecule has 0 saturated carbocycles. The van der Waals surface area contributed by atoms with Gasteiger partial charge in [0.15, 0.2) is 0 Å². The molecule has 88 valence electrons. The van der Waals surface area contributed by atoms with Crippen LogP contribution in [0.1, 0.15) is 6.92 Å². The van der Waals surface area contributed by atoms with Crippen LogP contribution in [0.3, 0.4) is 0 Å². The number of carbonyl (C=O) groups excluding carboxylic acids is 1. The molecule has 5 heteroatoms. The molecular weight excluding hydrogens is 220 g/mol. The van der Waals surface area contributed by atoms with E-state index in [1.54, 1.807) is 17.0 Å². The molecule has 0 aromatic heterocycles. The molecule has 1 heterocycles. The van der Waals surface area contributed by atoms with Gasteiger partial charge in [-0.05, 0) is 24.1 Å². The van der Waals surface area contributed by atoms with Crippen molar-refractivity contribution in [2.45, 2.75) is 6.92 Å². The quantitative estimate of drug-likeness (QED) is 0.579. The maximum absolute atomic E-state index is 11.7. The van der Waals surface area contributed by atoms with Crippen LogP contribution in [-0.4, -0.2) is 17.4 Å². The number of hydrogen-bond donors (Lipinski definition) is 0. The first kappa shape index (κ1) is 11.3. The van der Waals surface area contributed by atoms with Gasteiger partial charge in [-0.2, -0.15) is 0 Å². The van der Waals surface area contributed by atoms with E-state index >= 15 is 0 Å². The summed E-state index contributed by atoms with van der Waals surface area (Å²) in [6.45, 7) is 2.62. The highest BCUT2D eigenvalue weighted by molar-refractivity contribution is 6.02. The Morgan fingerprint density at radius 3 is 2.59 bits per heavy atom. The largest absolute Gasteiger partial charge is 0.308 e. The van der Waals surface area contributed by atoms with Gasteiger partial charge >= 0.3 is 0 Å². The van der Waals surface area contributed by atoms with E-state index in [1.165, 1.54) is 18.2 Å². The molecule has 1 aliphatic heterocycles. The lowest BCUT2D eigenvalue weighted by atomic mass is 10.1. The van der Waals surface area contributed by atoms with Crippen LogP contribution in [0.25, 0.3) is 0 Å². The van der Waals surface area contributed by atoms with Crippen molar-refractivity contribution >= 4 is 17.3 Å². The van der Waals surface area contributed by atoms with E-state index in [0.717, 1.165) is 0 Å². The Morgan fingerprint density at radius 2 is 2.00 bits per heavy atom. The number of nitrogens with zero attached hydrogens (tertiary/aromatic N) is 2. The molecule has 0 spiro atoms.